The first-order chi connectivity index (χ1) is 10.5. The monoisotopic (exact) mass is 330 g/mol. The molecule has 0 saturated heterocycles. The van der Waals surface area contributed by atoms with E-state index in [2.05, 4.69) is 0 Å². The predicted molar refractivity (Wildman–Crippen MR) is 77.7 cm³/mol. The fourth-order valence-electron chi connectivity index (χ4n) is 2.63. The van der Waals surface area contributed by atoms with Crippen molar-refractivity contribution in [3.8, 4) is 0 Å². The van der Waals surface area contributed by atoms with Crippen LogP contribution < -0.4 is 0 Å². The van der Waals surface area contributed by atoms with Crippen molar-refractivity contribution in [2.75, 3.05) is 0 Å². The number of benzene rings is 2. The maximum atomic E-state index is 14.5. The minimum atomic E-state index is -1.48. The zero-order chi connectivity index (χ0) is 16.0. The number of fused-ring (bicyclic) bond motifs is 3. The molecule has 0 fully saturated rings. The van der Waals surface area contributed by atoms with Crippen LogP contribution in [0.4, 0.5) is 22.0 Å². The van der Waals surface area contributed by atoms with Crippen molar-refractivity contribution in [3.63, 3.8) is 0 Å². The van der Waals surface area contributed by atoms with E-state index in [9.17, 15) is 22.0 Å². The molecule has 3 aromatic rings. The van der Waals surface area contributed by atoms with Gasteiger partial charge in [0.1, 0.15) is 5.82 Å². The van der Waals surface area contributed by atoms with Crippen LogP contribution in [0.5, 0.6) is 0 Å². The molecule has 1 heterocycles. The fraction of sp³-hybridized carbons (Fsp3) is 0.250. The largest absolute Gasteiger partial charge is 0.206 e. The lowest BCUT2D eigenvalue weighted by atomic mass is 9.97. The van der Waals surface area contributed by atoms with Gasteiger partial charge >= 0.3 is 0 Å². The topological polar surface area (TPSA) is 0 Å². The Morgan fingerprint density at radius 3 is 2.09 bits per heavy atom. The van der Waals surface area contributed by atoms with Crippen LogP contribution in [0.2, 0.25) is 0 Å². The zero-order valence-electron chi connectivity index (χ0n) is 11.6. The number of hydrogen-bond acceptors (Lipinski definition) is 1. The number of halogens is 5. The van der Waals surface area contributed by atoms with Crippen LogP contribution in [0.25, 0.3) is 21.5 Å². The molecule has 6 heteroatoms. The summed E-state index contributed by atoms with van der Waals surface area (Å²) in [4.78, 5) is 0. The summed E-state index contributed by atoms with van der Waals surface area (Å²) in [6, 6.07) is 0. The smallest absolute Gasteiger partial charge is 0.170 e. The van der Waals surface area contributed by atoms with Gasteiger partial charge in [-0.05, 0) is 18.2 Å². The molecule has 3 rings (SSSR count). The second kappa shape index (κ2) is 5.50. The maximum absolute atomic E-state index is 14.5. The average molecular weight is 330 g/mol. The van der Waals surface area contributed by atoms with Crippen molar-refractivity contribution in [3.05, 3.63) is 45.4 Å². The third-order valence-corrected chi connectivity index (χ3v) is 4.52. The normalized spacial score (nSPS) is 11.7. The van der Waals surface area contributed by atoms with Crippen LogP contribution in [0.15, 0.2) is 10.8 Å². The maximum Gasteiger partial charge on any atom is 0.170 e. The molecule has 0 amide bonds. The lowest BCUT2D eigenvalue weighted by molar-refractivity contribution is 0.481. The Kier molecular flexibility index (Phi) is 3.80. The van der Waals surface area contributed by atoms with Crippen molar-refractivity contribution in [2.24, 2.45) is 0 Å². The lowest BCUT2D eigenvalue weighted by Crippen LogP contribution is -2.04. The summed E-state index contributed by atoms with van der Waals surface area (Å²) in [5, 5.41) is 1.10. The van der Waals surface area contributed by atoms with E-state index in [1.807, 2.05) is 6.92 Å². The highest BCUT2D eigenvalue weighted by atomic mass is 32.1. The van der Waals surface area contributed by atoms with Gasteiger partial charge in [0.15, 0.2) is 23.3 Å². The summed E-state index contributed by atoms with van der Waals surface area (Å²) in [6.07, 6.45) is 0.992. The molecule has 0 aliphatic carbocycles. The van der Waals surface area contributed by atoms with E-state index in [4.69, 9.17) is 0 Å². The van der Waals surface area contributed by atoms with Crippen LogP contribution in [-0.4, -0.2) is 0 Å². The number of unbranched alkanes of at least 4 members (excludes halogenated alkanes) is 1. The molecular weight excluding hydrogens is 319 g/mol. The third kappa shape index (κ3) is 2.00. The van der Waals surface area contributed by atoms with Gasteiger partial charge in [0.2, 0.25) is 0 Å². The van der Waals surface area contributed by atoms with E-state index >= 15 is 0 Å². The van der Waals surface area contributed by atoms with E-state index in [0.717, 1.165) is 11.3 Å². The Morgan fingerprint density at radius 2 is 1.41 bits per heavy atom. The number of hydrogen-bond donors (Lipinski definition) is 0. The molecule has 0 unspecified atom stereocenters. The van der Waals surface area contributed by atoms with E-state index in [-0.39, 0.29) is 17.2 Å². The number of thiophene rings is 1. The second-order valence-corrected chi connectivity index (χ2v) is 5.84. The summed E-state index contributed by atoms with van der Waals surface area (Å²) >= 11 is 1.01. The van der Waals surface area contributed by atoms with Crippen molar-refractivity contribution in [1.29, 1.82) is 0 Å². The standard InChI is InChI=1S/C16H11F5S/c1-2-3-4-7-12(17)11-10(15(20)13(7)18)8-5-22-6-9(8)14(19)16(11)21/h5-6H,2-4H2,1H3. The Bertz CT molecular complexity index is 882. The Hall–Kier alpha value is -1.69. The molecule has 0 nitrogen and oxygen atoms in total. The summed E-state index contributed by atoms with van der Waals surface area (Å²) in [7, 11) is 0. The molecule has 2 aromatic carbocycles. The molecular formula is C16H11F5S. The quantitative estimate of drug-likeness (QED) is 0.402. The molecule has 0 radical (unpaired) electrons. The summed E-state index contributed by atoms with van der Waals surface area (Å²) in [6.45, 7) is 1.81. The van der Waals surface area contributed by atoms with E-state index in [0.29, 0.717) is 12.8 Å². The van der Waals surface area contributed by atoms with Crippen molar-refractivity contribution >= 4 is 32.9 Å². The van der Waals surface area contributed by atoms with Gasteiger partial charge < -0.3 is 0 Å². The van der Waals surface area contributed by atoms with Crippen LogP contribution in [0, 0.1) is 29.1 Å². The van der Waals surface area contributed by atoms with Gasteiger partial charge in [-0.2, -0.15) is 11.3 Å². The van der Waals surface area contributed by atoms with Gasteiger partial charge in [0.25, 0.3) is 0 Å². The molecule has 0 atom stereocenters. The van der Waals surface area contributed by atoms with E-state index in [1.54, 1.807) is 0 Å². The highest BCUT2D eigenvalue weighted by Gasteiger charge is 2.26. The zero-order valence-corrected chi connectivity index (χ0v) is 12.4. The molecule has 0 bridgehead atoms. The highest BCUT2D eigenvalue weighted by Crippen LogP contribution is 2.38. The third-order valence-electron chi connectivity index (χ3n) is 3.77. The van der Waals surface area contributed by atoms with Crippen molar-refractivity contribution < 1.29 is 22.0 Å². The predicted octanol–water partition coefficient (Wildman–Crippen LogP) is 6.09. The number of rotatable bonds is 3. The summed E-state index contributed by atoms with van der Waals surface area (Å²) in [5.41, 5.74) is -0.528. The molecule has 0 N–H and O–H groups in total. The van der Waals surface area contributed by atoms with E-state index in [1.165, 1.54) is 10.8 Å². The van der Waals surface area contributed by atoms with Gasteiger partial charge in [-0.25, -0.2) is 22.0 Å². The van der Waals surface area contributed by atoms with Crippen LogP contribution in [0.3, 0.4) is 0 Å². The van der Waals surface area contributed by atoms with Crippen LogP contribution >= 0.6 is 11.3 Å². The highest BCUT2D eigenvalue weighted by molar-refractivity contribution is 7.09. The Labute approximate surface area is 127 Å². The van der Waals surface area contributed by atoms with Gasteiger partial charge in [0.05, 0.1) is 5.39 Å². The van der Waals surface area contributed by atoms with Crippen LogP contribution in [0.1, 0.15) is 25.3 Å². The minimum Gasteiger partial charge on any atom is -0.206 e. The van der Waals surface area contributed by atoms with Crippen LogP contribution in [-0.2, 0) is 6.42 Å². The molecule has 116 valence electrons. The van der Waals surface area contributed by atoms with Gasteiger partial charge in [-0.1, -0.05) is 13.3 Å². The molecule has 0 aliphatic rings. The summed E-state index contributed by atoms with van der Waals surface area (Å²) in [5.74, 6) is -6.58. The minimum absolute atomic E-state index is 0.0174. The fourth-order valence-corrected chi connectivity index (χ4v) is 3.45. The Balaban J connectivity index is 2.51. The first-order valence-electron chi connectivity index (χ1n) is 6.80. The first kappa shape index (κ1) is 15.2. The SMILES string of the molecule is CCCCc1c(F)c(F)c2c(c1F)c(F)c(F)c1cscc12. The second-order valence-electron chi connectivity index (χ2n) is 5.10. The van der Waals surface area contributed by atoms with Gasteiger partial charge in [-0.3, -0.25) is 0 Å². The molecule has 0 saturated carbocycles. The first-order valence-corrected chi connectivity index (χ1v) is 7.75. The molecule has 1 aromatic heterocycles. The molecule has 0 aliphatic heterocycles. The molecule has 22 heavy (non-hydrogen) atoms. The van der Waals surface area contributed by atoms with Gasteiger partial charge in [0, 0.05) is 27.1 Å². The van der Waals surface area contributed by atoms with Gasteiger partial charge in [-0.15, -0.1) is 0 Å². The molecule has 0 spiro atoms. The average Bonchev–Trinajstić information content (AvgIpc) is 2.98. The summed E-state index contributed by atoms with van der Waals surface area (Å²) < 4.78 is 71.2. The van der Waals surface area contributed by atoms with Crippen molar-refractivity contribution in [1.82, 2.24) is 0 Å². The Morgan fingerprint density at radius 1 is 0.773 bits per heavy atom. The van der Waals surface area contributed by atoms with E-state index < -0.39 is 45.4 Å². The van der Waals surface area contributed by atoms with Crippen molar-refractivity contribution in [2.45, 2.75) is 26.2 Å². The lowest BCUT2D eigenvalue weighted by Gasteiger charge is -2.12.